The molecule has 0 N–H and O–H groups in total. The van der Waals surface area contributed by atoms with E-state index in [1.54, 1.807) is 6.20 Å². The molecule has 27 heavy (non-hydrogen) atoms. The molecule has 138 valence electrons. The van der Waals surface area contributed by atoms with Crippen molar-refractivity contribution in [3.63, 3.8) is 0 Å². The Bertz CT molecular complexity index is 948. The topological polar surface area (TPSA) is 51.0 Å². The van der Waals surface area contributed by atoms with E-state index < -0.39 is 0 Å². The van der Waals surface area contributed by atoms with Gasteiger partial charge in [0.2, 0.25) is 0 Å². The highest BCUT2D eigenvalue weighted by Crippen LogP contribution is 2.29. The first-order valence-corrected chi connectivity index (χ1v) is 9.43. The summed E-state index contributed by atoms with van der Waals surface area (Å²) < 4.78 is 2.27. The molecule has 1 unspecified atom stereocenters. The molecule has 4 rings (SSSR count). The van der Waals surface area contributed by atoms with Gasteiger partial charge in [0.25, 0.3) is 5.91 Å². The molecule has 3 aromatic rings. The van der Waals surface area contributed by atoms with Gasteiger partial charge >= 0.3 is 0 Å². The van der Waals surface area contributed by atoms with Crippen LogP contribution in [0.15, 0.2) is 55.0 Å². The predicted octanol–water partition coefficient (Wildman–Crippen LogP) is 4.04. The molecular weight excluding hydrogens is 336 g/mol. The van der Waals surface area contributed by atoms with Crippen LogP contribution in [0.5, 0.6) is 0 Å². The Kier molecular flexibility index (Phi) is 4.75. The number of imidazole rings is 1. The number of nitrogens with zero attached hydrogens (tertiary/aromatic N) is 4. The minimum absolute atomic E-state index is 0.115. The van der Waals surface area contributed by atoms with Gasteiger partial charge in [-0.1, -0.05) is 17.7 Å². The molecule has 0 aliphatic carbocycles. The summed E-state index contributed by atoms with van der Waals surface area (Å²) in [4.78, 5) is 23.8. The van der Waals surface area contributed by atoms with Crippen molar-refractivity contribution in [1.82, 2.24) is 19.4 Å². The quantitative estimate of drug-likeness (QED) is 0.708. The van der Waals surface area contributed by atoms with E-state index in [1.165, 1.54) is 0 Å². The van der Waals surface area contributed by atoms with Crippen LogP contribution in [0.1, 0.15) is 40.5 Å². The monoisotopic (exact) mass is 360 g/mol. The molecule has 5 nitrogen and oxygen atoms in total. The second-order valence-electron chi connectivity index (χ2n) is 7.25. The van der Waals surface area contributed by atoms with Crippen molar-refractivity contribution < 1.29 is 4.79 Å². The molecule has 0 bridgehead atoms. The van der Waals surface area contributed by atoms with Crippen molar-refractivity contribution in [3.8, 4) is 11.4 Å². The maximum absolute atomic E-state index is 13.0. The maximum Gasteiger partial charge on any atom is 0.253 e. The molecule has 1 aromatic carbocycles. The van der Waals surface area contributed by atoms with E-state index in [0.717, 1.165) is 47.6 Å². The number of aromatic nitrogens is 3. The van der Waals surface area contributed by atoms with E-state index >= 15 is 0 Å². The van der Waals surface area contributed by atoms with Gasteiger partial charge in [-0.05, 0) is 51.0 Å². The summed E-state index contributed by atoms with van der Waals surface area (Å²) in [6.07, 6.45) is 7.56. The van der Waals surface area contributed by atoms with Crippen LogP contribution in [-0.4, -0.2) is 38.4 Å². The lowest BCUT2D eigenvalue weighted by molar-refractivity contribution is 0.0679. The summed E-state index contributed by atoms with van der Waals surface area (Å²) in [5.41, 5.74) is 4.00. The first kappa shape index (κ1) is 17.5. The van der Waals surface area contributed by atoms with Crippen LogP contribution >= 0.6 is 0 Å². The van der Waals surface area contributed by atoms with Crippen molar-refractivity contribution in [2.24, 2.45) is 0 Å². The molecular formula is C22H24N4O. The summed E-state index contributed by atoms with van der Waals surface area (Å²) in [7, 11) is 0. The van der Waals surface area contributed by atoms with Gasteiger partial charge in [0.1, 0.15) is 5.82 Å². The Labute approximate surface area is 159 Å². The number of benzene rings is 1. The average molecular weight is 360 g/mol. The largest absolute Gasteiger partial charge is 0.337 e. The Balaban J connectivity index is 1.61. The van der Waals surface area contributed by atoms with Crippen molar-refractivity contribution in [2.75, 3.05) is 13.1 Å². The lowest BCUT2D eigenvalue weighted by atomic mass is 10.0. The van der Waals surface area contributed by atoms with Gasteiger partial charge < -0.3 is 9.47 Å². The van der Waals surface area contributed by atoms with E-state index in [0.29, 0.717) is 6.54 Å². The highest BCUT2D eigenvalue weighted by Gasteiger charge is 2.28. The van der Waals surface area contributed by atoms with E-state index in [4.69, 9.17) is 0 Å². The minimum atomic E-state index is 0.115. The van der Waals surface area contributed by atoms with Crippen molar-refractivity contribution in [1.29, 1.82) is 0 Å². The zero-order chi connectivity index (χ0) is 18.8. The molecule has 1 aliphatic heterocycles. The van der Waals surface area contributed by atoms with Crippen molar-refractivity contribution in [3.05, 3.63) is 71.8 Å². The van der Waals surface area contributed by atoms with Crippen LogP contribution in [0.3, 0.4) is 0 Å². The van der Waals surface area contributed by atoms with Crippen LogP contribution < -0.4 is 0 Å². The van der Waals surface area contributed by atoms with Gasteiger partial charge in [0.05, 0.1) is 6.04 Å². The Morgan fingerprint density at radius 3 is 2.81 bits per heavy atom. The van der Waals surface area contributed by atoms with Crippen LogP contribution in [-0.2, 0) is 0 Å². The van der Waals surface area contributed by atoms with Crippen LogP contribution in [0.4, 0.5) is 0 Å². The van der Waals surface area contributed by atoms with Crippen molar-refractivity contribution in [2.45, 2.75) is 32.7 Å². The number of aryl methyl sites for hydroxylation is 2. The number of piperidine rings is 1. The Morgan fingerprint density at radius 1 is 1.15 bits per heavy atom. The molecule has 0 radical (unpaired) electrons. The Hall–Kier alpha value is -2.95. The van der Waals surface area contributed by atoms with Crippen LogP contribution in [0, 0.1) is 13.8 Å². The van der Waals surface area contributed by atoms with Crippen molar-refractivity contribution >= 4 is 5.91 Å². The minimum Gasteiger partial charge on any atom is -0.337 e. The molecule has 2 aromatic heterocycles. The summed E-state index contributed by atoms with van der Waals surface area (Å²) in [6, 6.07) is 12.0. The number of hydrogen-bond donors (Lipinski definition) is 0. The molecule has 1 atom stereocenters. The zero-order valence-electron chi connectivity index (χ0n) is 15.8. The number of amides is 1. The number of likely N-dealkylation sites (tertiary alicyclic amines) is 1. The van der Waals surface area contributed by atoms with Gasteiger partial charge in [0.15, 0.2) is 0 Å². The standard InChI is InChI=1S/C22H24N4O/c1-16-6-3-7-18(12-16)22(27)25-11-5-9-20(15-25)26-17(2)13-24-21(26)19-8-4-10-23-14-19/h3-4,6-8,10,12-14,20H,5,9,11,15H2,1-2H3. The number of carbonyl (C=O) groups excluding carboxylic acids is 1. The molecule has 0 spiro atoms. The third kappa shape index (κ3) is 3.50. The van der Waals surface area contributed by atoms with Crippen LogP contribution in [0.25, 0.3) is 11.4 Å². The normalized spacial score (nSPS) is 17.1. The number of carbonyl (C=O) groups is 1. The smallest absolute Gasteiger partial charge is 0.253 e. The first-order chi connectivity index (χ1) is 13.1. The summed E-state index contributed by atoms with van der Waals surface area (Å²) in [5.74, 6) is 1.04. The van der Waals surface area contributed by atoms with Gasteiger partial charge in [0, 0.05) is 48.5 Å². The summed E-state index contributed by atoms with van der Waals surface area (Å²) in [6.45, 7) is 5.61. The fourth-order valence-corrected chi connectivity index (χ4v) is 3.93. The third-order valence-corrected chi connectivity index (χ3v) is 5.22. The van der Waals surface area contributed by atoms with E-state index in [2.05, 4.69) is 21.5 Å². The lowest BCUT2D eigenvalue weighted by Gasteiger charge is -2.35. The highest BCUT2D eigenvalue weighted by molar-refractivity contribution is 5.94. The molecule has 1 amide bonds. The summed E-state index contributed by atoms with van der Waals surface area (Å²) >= 11 is 0. The van der Waals surface area contributed by atoms with E-state index in [9.17, 15) is 4.79 Å². The van der Waals surface area contributed by atoms with E-state index in [1.807, 2.05) is 60.6 Å². The van der Waals surface area contributed by atoms with Crippen LogP contribution in [0.2, 0.25) is 0 Å². The maximum atomic E-state index is 13.0. The summed E-state index contributed by atoms with van der Waals surface area (Å²) in [5, 5.41) is 0. The second kappa shape index (κ2) is 7.35. The molecule has 0 saturated carbocycles. The number of hydrogen-bond acceptors (Lipinski definition) is 3. The number of pyridine rings is 1. The fraction of sp³-hybridized carbons (Fsp3) is 0.318. The molecule has 1 saturated heterocycles. The van der Waals surface area contributed by atoms with E-state index in [-0.39, 0.29) is 11.9 Å². The first-order valence-electron chi connectivity index (χ1n) is 9.43. The molecule has 5 heteroatoms. The van der Waals surface area contributed by atoms with Gasteiger partial charge in [-0.2, -0.15) is 0 Å². The molecule has 1 fully saturated rings. The Morgan fingerprint density at radius 2 is 2.04 bits per heavy atom. The van der Waals surface area contributed by atoms with Gasteiger partial charge in [-0.25, -0.2) is 4.98 Å². The predicted molar refractivity (Wildman–Crippen MR) is 106 cm³/mol. The lowest BCUT2D eigenvalue weighted by Crippen LogP contribution is -2.41. The average Bonchev–Trinajstić information content (AvgIpc) is 3.09. The second-order valence-corrected chi connectivity index (χ2v) is 7.25. The number of rotatable bonds is 3. The van der Waals surface area contributed by atoms with Gasteiger partial charge in [-0.15, -0.1) is 0 Å². The SMILES string of the molecule is Cc1cccc(C(=O)N2CCCC(n3c(C)cnc3-c3cccnc3)C2)c1. The molecule has 1 aliphatic rings. The fourth-order valence-electron chi connectivity index (χ4n) is 3.93. The van der Waals surface area contributed by atoms with Gasteiger partial charge in [-0.3, -0.25) is 9.78 Å². The highest BCUT2D eigenvalue weighted by atomic mass is 16.2. The molecule has 3 heterocycles. The third-order valence-electron chi connectivity index (χ3n) is 5.22. The zero-order valence-corrected chi connectivity index (χ0v) is 15.8.